The van der Waals surface area contributed by atoms with Crippen LogP contribution in [0.2, 0.25) is 0 Å². The van der Waals surface area contributed by atoms with Gasteiger partial charge in [0.05, 0.1) is 22.4 Å². The average Bonchev–Trinajstić information content (AvgIpc) is 2.80. The van der Waals surface area contributed by atoms with Crippen molar-refractivity contribution in [3.63, 3.8) is 0 Å². The summed E-state index contributed by atoms with van der Waals surface area (Å²) in [6.07, 6.45) is 1.34. The lowest BCUT2D eigenvalue weighted by molar-refractivity contribution is -0.119. The molecule has 0 unspecified atom stereocenters. The van der Waals surface area contributed by atoms with Crippen molar-refractivity contribution in [1.29, 1.82) is 0 Å². The minimum absolute atomic E-state index is 0.0676. The van der Waals surface area contributed by atoms with Crippen LogP contribution in [0.15, 0.2) is 82.8 Å². The molecule has 0 bridgehead atoms. The van der Waals surface area contributed by atoms with E-state index in [0.717, 1.165) is 15.4 Å². The fourth-order valence-corrected chi connectivity index (χ4v) is 4.41. The minimum atomic E-state index is -4.00. The number of aromatic carboxylic acids is 1. The lowest BCUT2D eigenvalue weighted by Crippen LogP contribution is -2.39. The normalized spacial score (nSPS) is 11.3. The van der Waals surface area contributed by atoms with Gasteiger partial charge in [-0.05, 0) is 66.9 Å². The molecular formula is C24H23N3O5S. The van der Waals surface area contributed by atoms with Gasteiger partial charge in [-0.15, -0.1) is 0 Å². The maximum Gasteiger partial charge on any atom is 0.335 e. The lowest BCUT2D eigenvalue weighted by Gasteiger charge is -2.24. The van der Waals surface area contributed by atoms with Gasteiger partial charge in [-0.1, -0.05) is 36.4 Å². The SMILES string of the molecule is Cc1ccc(N(CC(=O)N/N=C\c2ccc(C(=O)O)cc2)S(=O)(=O)c2ccccc2)cc1C. The molecule has 0 saturated heterocycles. The van der Waals surface area contributed by atoms with E-state index in [2.05, 4.69) is 10.5 Å². The highest BCUT2D eigenvalue weighted by Gasteiger charge is 2.27. The zero-order valence-electron chi connectivity index (χ0n) is 18.1. The number of carbonyl (C=O) groups excluding carboxylic acids is 1. The lowest BCUT2D eigenvalue weighted by atomic mass is 10.1. The van der Waals surface area contributed by atoms with Gasteiger partial charge in [0.25, 0.3) is 15.9 Å². The van der Waals surface area contributed by atoms with E-state index in [4.69, 9.17) is 5.11 Å². The van der Waals surface area contributed by atoms with Gasteiger partial charge < -0.3 is 5.11 Å². The third-order valence-electron chi connectivity index (χ3n) is 4.96. The first-order chi connectivity index (χ1) is 15.7. The van der Waals surface area contributed by atoms with Crippen LogP contribution in [0.25, 0.3) is 0 Å². The number of nitrogens with zero attached hydrogens (tertiary/aromatic N) is 2. The Morgan fingerprint density at radius 2 is 1.64 bits per heavy atom. The van der Waals surface area contributed by atoms with Gasteiger partial charge in [0.15, 0.2) is 0 Å². The highest BCUT2D eigenvalue weighted by molar-refractivity contribution is 7.92. The fourth-order valence-electron chi connectivity index (χ4n) is 2.97. The van der Waals surface area contributed by atoms with Crippen LogP contribution in [0.5, 0.6) is 0 Å². The number of hydrogen-bond acceptors (Lipinski definition) is 5. The maximum absolute atomic E-state index is 13.3. The second-order valence-electron chi connectivity index (χ2n) is 7.31. The molecule has 33 heavy (non-hydrogen) atoms. The quantitative estimate of drug-likeness (QED) is 0.391. The van der Waals surface area contributed by atoms with Gasteiger partial charge in [-0.3, -0.25) is 9.10 Å². The first-order valence-electron chi connectivity index (χ1n) is 9.99. The Hall–Kier alpha value is -3.98. The number of carboxylic acids is 1. The molecule has 2 N–H and O–H groups in total. The van der Waals surface area contributed by atoms with Crippen molar-refractivity contribution in [2.75, 3.05) is 10.8 Å². The molecular weight excluding hydrogens is 442 g/mol. The monoisotopic (exact) mass is 465 g/mol. The summed E-state index contributed by atoms with van der Waals surface area (Å²) >= 11 is 0. The molecule has 0 atom stereocenters. The van der Waals surface area contributed by atoms with Gasteiger partial charge in [-0.25, -0.2) is 18.6 Å². The van der Waals surface area contributed by atoms with Crippen LogP contribution in [0.1, 0.15) is 27.0 Å². The molecule has 0 aromatic heterocycles. The van der Waals surface area contributed by atoms with E-state index in [-0.39, 0.29) is 10.5 Å². The number of anilines is 1. The number of sulfonamides is 1. The third-order valence-corrected chi connectivity index (χ3v) is 6.75. The van der Waals surface area contributed by atoms with Crippen LogP contribution in [-0.2, 0) is 14.8 Å². The van der Waals surface area contributed by atoms with Gasteiger partial charge in [0, 0.05) is 0 Å². The van der Waals surface area contributed by atoms with E-state index in [1.165, 1.54) is 30.5 Å². The summed E-state index contributed by atoms with van der Waals surface area (Å²) in [5.41, 5.74) is 5.29. The molecule has 3 aromatic rings. The van der Waals surface area contributed by atoms with Crippen LogP contribution in [0.4, 0.5) is 5.69 Å². The summed E-state index contributed by atoms with van der Waals surface area (Å²) in [6, 6.07) is 19.0. The van der Waals surface area contributed by atoms with Crippen LogP contribution < -0.4 is 9.73 Å². The molecule has 0 aliphatic rings. The predicted octanol–water partition coefficient (Wildman–Crippen LogP) is 3.35. The molecule has 8 nitrogen and oxygen atoms in total. The van der Waals surface area contributed by atoms with Crippen molar-refractivity contribution in [1.82, 2.24) is 5.43 Å². The molecule has 0 spiro atoms. The molecule has 0 aliphatic carbocycles. The zero-order chi connectivity index (χ0) is 24.0. The zero-order valence-corrected chi connectivity index (χ0v) is 18.9. The maximum atomic E-state index is 13.3. The number of hydrogen-bond donors (Lipinski definition) is 2. The summed E-state index contributed by atoms with van der Waals surface area (Å²) in [4.78, 5) is 23.6. The summed E-state index contributed by atoms with van der Waals surface area (Å²) < 4.78 is 27.7. The first kappa shape index (κ1) is 23.7. The Balaban J connectivity index is 1.81. The number of rotatable bonds is 8. The van der Waals surface area contributed by atoms with E-state index in [9.17, 15) is 18.0 Å². The second-order valence-corrected chi connectivity index (χ2v) is 9.18. The van der Waals surface area contributed by atoms with Crippen molar-refractivity contribution in [3.8, 4) is 0 Å². The van der Waals surface area contributed by atoms with Gasteiger partial charge in [-0.2, -0.15) is 5.10 Å². The molecule has 0 aliphatic heterocycles. The number of benzene rings is 3. The molecule has 1 amide bonds. The number of aryl methyl sites for hydroxylation is 2. The highest BCUT2D eigenvalue weighted by atomic mass is 32.2. The van der Waals surface area contributed by atoms with Crippen LogP contribution in [0, 0.1) is 13.8 Å². The fraction of sp³-hybridized carbons (Fsp3) is 0.125. The standard InChI is InChI=1S/C24H23N3O5S/c1-17-8-13-21(14-18(17)2)27(33(31,32)22-6-4-3-5-7-22)16-23(28)26-25-15-19-9-11-20(12-10-19)24(29)30/h3-15H,16H2,1-2H3,(H,26,28)(H,29,30)/b25-15-. The van der Waals surface area contributed by atoms with Crippen molar-refractivity contribution in [2.24, 2.45) is 5.10 Å². The summed E-state index contributed by atoms with van der Waals surface area (Å²) in [7, 11) is -4.00. The summed E-state index contributed by atoms with van der Waals surface area (Å²) in [6.45, 7) is 3.31. The van der Waals surface area contributed by atoms with Gasteiger partial charge in [0.2, 0.25) is 0 Å². The molecule has 3 rings (SSSR count). The number of hydrazone groups is 1. The molecule has 9 heteroatoms. The van der Waals surface area contributed by atoms with E-state index in [0.29, 0.717) is 11.3 Å². The Morgan fingerprint density at radius 3 is 2.24 bits per heavy atom. The van der Waals surface area contributed by atoms with E-state index >= 15 is 0 Å². The van der Waals surface area contributed by atoms with Gasteiger partial charge in [0.1, 0.15) is 6.54 Å². The Bertz CT molecular complexity index is 1290. The van der Waals surface area contributed by atoms with Crippen molar-refractivity contribution in [3.05, 3.63) is 95.1 Å². The van der Waals surface area contributed by atoms with E-state index < -0.39 is 28.4 Å². The van der Waals surface area contributed by atoms with Gasteiger partial charge >= 0.3 is 5.97 Å². The topological polar surface area (TPSA) is 116 Å². The van der Waals surface area contributed by atoms with E-state index in [1.54, 1.807) is 48.5 Å². The Kier molecular flexibility index (Phi) is 7.24. The molecule has 0 radical (unpaired) electrons. The average molecular weight is 466 g/mol. The summed E-state index contributed by atoms with van der Waals surface area (Å²) in [5, 5.41) is 12.8. The van der Waals surface area contributed by atoms with Crippen LogP contribution >= 0.6 is 0 Å². The predicted molar refractivity (Wildman–Crippen MR) is 126 cm³/mol. The molecule has 170 valence electrons. The summed E-state index contributed by atoms with van der Waals surface area (Å²) in [5.74, 6) is -1.68. The molecule has 3 aromatic carbocycles. The number of nitrogens with one attached hydrogen (secondary N) is 1. The van der Waals surface area contributed by atoms with Crippen LogP contribution in [0.3, 0.4) is 0 Å². The smallest absolute Gasteiger partial charge is 0.335 e. The Morgan fingerprint density at radius 1 is 0.970 bits per heavy atom. The van der Waals surface area contributed by atoms with E-state index in [1.807, 2.05) is 13.8 Å². The molecule has 0 fully saturated rings. The number of carbonyl (C=O) groups is 2. The number of carboxylic acid groups (broad SMARTS) is 1. The van der Waals surface area contributed by atoms with Crippen LogP contribution in [-0.4, -0.2) is 38.2 Å². The molecule has 0 heterocycles. The largest absolute Gasteiger partial charge is 0.478 e. The van der Waals surface area contributed by atoms with Crippen molar-refractivity contribution < 1.29 is 23.1 Å². The highest BCUT2D eigenvalue weighted by Crippen LogP contribution is 2.25. The van der Waals surface area contributed by atoms with Crippen molar-refractivity contribution in [2.45, 2.75) is 18.7 Å². The van der Waals surface area contributed by atoms with Crippen molar-refractivity contribution >= 4 is 33.8 Å². The third kappa shape index (κ3) is 5.83. The Labute approximate surface area is 192 Å². The minimum Gasteiger partial charge on any atom is -0.478 e. The molecule has 0 saturated carbocycles. The second kappa shape index (κ2) is 10.1. The number of amides is 1. The first-order valence-corrected chi connectivity index (χ1v) is 11.4.